The van der Waals surface area contributed by atoms with Gasteiger partial charge < -0.3 is 20.1 Å². The molecule has 0 aliphatic heterocycles. The van der Waals surface area contributed by atoms with Gasteiger partial charge in [0.15, 0.2) is 0 Å². The molecule has 0 fully saturated rings. The fraction of sp³-hybridized carbons (Fsp3) is 0.810. The molecule has 0 aromatic carbocycles. The first-order chi connectivity index (χ1) is 13.7. The number of ether oxygens (including phenoxy) is 2. The van der Waals surface area contributed by atoms with Crippen LogP contribution in [0.4, 0.5) is 0 Å². The smallest absolute Gasteiger partial charge is 0.328 e. The molecule has 2 amide bonds. The molecule has 8 nitrogen and oxygen atoms in total. The van der Waals surface area contributed by atoms with Gasteiger partial charge in [-0.15, -0.1) is 0 Å². The van der Waals surface area contributed by atoms with E-state index in [1.54, 1.807) is 0 Å². The molecule has 0 saturated heterocycles. The molecule has 0 aromatic rings. The Balaban J connectivity index is 4.91. The number of nitrogens with one attached hydrogen (secondary N) is 2. The van der Waals surface area contributed by atoms with Crippen molar-refractivity contribution in [3.63, 3.8) is 0 Å². The summed E-state index contributed by atoms with van der Waals surface area (Å²) in [6.07, 6.45) is 3.85. The number of carbonyl (C=O) groups excluding carboxylic acids is 4. The largest absolute Gasteiger partial charge is 0.466 e. The van der Waals surface area contributed by atoms with Gasteiger partial charge in [0.05, 0.1) is 13.2 Å². The number of carbonyl (C=O) groups is 4. The molecule has 29 heavy (non-hydrogen) atoms. The van der Waals surface area contributed by atoms with Crippen LogP contribution in [-0.4, -0.2) is 49.1 Å². The van der Waals surface area contributed by atoms with Gasteiger partial charge in [0.1, 0.15) is 12.1 Å². The number of amides is 2. The van der Waals surface area contributed by atoms with Crippen LogP contribution in [0.25, 0.3) is 0 Å². The first-order valence-corrected chi connectivity index (χ1v) is 10.6. The first-order valence-electron chi connectivity index (χ1n) is 10.6. The predicted octanol–water partition coefficient (Wildman–Crippen LogP) is 2.49. The van der Waals surface area contributed by atoms with E-state index >= 15 is 0 Å². The summed E-state index contributed by atoms with van der Waals surface area (Å²) in [5.74, 6) is -1.65. The van der Waals surface area contributed by atoms with E-state index < -0.39 is 35.8 Å². The minimum Gasteiger partial charge on any atom is -0.466 e. The van der Waals surface area contributed by atoms with E-state index in [9.17, 15) is 19.2 Å². The van der Waals surface area contributed by atoms with Crippen molar-refractivity contribution in [2.75, 3.05) is 13.2 Å². The van der Waals surface area contributed by atoms with Gasteiger partial charge in [0.2, 0.25) is 11.8 Å². The lowest BCUT2D eigenvalue weighted by Crippen LogP contribution is -2.52. The van der Waals surface area contributed by atoms with Crippen LogP contribution in [0, 0.1) is 5.92 Å². The summed E-state index contributed by atoms with van der Waals surface area (Å²) in [6, 6.07) is -1.73. The number of rotatable bonds is 15. The minimum atomic E-state index is -0.927. The number of hydrogen-bond acceptors (Lipinski definition) is 6. The highest BCUT2D eigenvalue weighted by molar-refractivity contribution is 5.90. The van der Waals surface area contributed by atoms with E-state index in [1.165, 1.54) is 6.92 Å². The first kappa shape index (κ1) is 26.9. The molecule has 0 unspecified atom stereocenters. The van der Waals surface area contributed by atoms with Crippen molar-refractivity contribution >= 4 is 23.8 Å². The molecule has 0 aliphatic carbocycles. The normalized spacial score (nSPS) is 12.8. The standard InChI is InChI=1S/C21H38N2O6/c1-6-8-12-28-19(25)11-10-17(22-16(5)24)20(26)23-18(14-15(3)4)21(27)29-13-9-7-2/h15,17-18H,6-14H2,1-5H3,(H,22,24)(H,23,26)/t17-,18-/m0/s1. The van der Waals surface area contributed by atoms with Crippen LogP contribution < -0.4 is 10.6 Å². The molecule has 0 radical (unpaired) electrons. The molecule has 0 heterocycles. The Morgan fingerprint density at radius 3 is 1.97 bits per heavy atom. The molecular formula is C21H38N2O6. The Morgan fingerprint density at radius 1 is 0.862 bits per heavy atom. The van der Waals surface area contributed by atoms with Crippen LogP contribution in [0.5, 0.6) is 0 Å². The van der Waals surface area contributed by atoms with Gasteiger partial charge in [0.25, 0.3) is 0 Å². The zero-order chi connectivity index (χ0) is 22.2. The quantitative estimate of drug-likeness (QED) is 0.315. The second-order valence-electron chi connectivity index (χ2n) is 7.58. The molecule has 0 aromatic heterocycles. The van der Waals surface area contributed by atoms with Gasteiger partial charge in [-0.25, -0.2) is 4.79 Å². The van der Waals surface area contributed by atoms with E-state index in [-0.39, 0.29) is 18.8 Å². The highest BCUT2D eigenvalue weighted by atomic mass is 16.5. The van der Waals surface area contributed by atoms with Gasteiger partial charge in [-0.05, 0) is 31.6 Å². The molecule has 0 bridgehead atoms. The third-order valence-corrected chi connectivity index (χ3v) is 4.14. The average molecular weight is 415 g/mol. The molecule has 0 aliphatic rings. The monoisotopic (exact) mass is 414 g/mol. The van der Waals surface area contributed by atoms with E-state index in [4.69, 9.17) is 9.47 Å². The minimum absolute atomic E-state index is 0.00211. The van der Waals surface area contributed by atoms with Crippen LogP contribution in [0.1, 0.15) is 79.6 Å². The molecule has 168 valence electrons. The predicted molar refractivity (Wildman–Crippen MR) is 110 cm³/mol. The zero-order valence-corrected chi connectivity index (χ0v) is 18.5. The maximum Gasteiger partial charge on any atom is 0.328 e. The van der Waals surface area contributed by atoms with Crippen molar-refractivity contribution < 1.29 is 28.7 Å². The van der Waals surface area contributed by atoms with Crippen molar-refractivity contribution in [2.45, 2.75) is 91.6 Å². The van der Waals surface area contributed by atoms with Crippen LogP contribution in [0.2, 0.25) is 0 Å². The average Bonchev–Trinajstić information content (AvgIpc) is 2.64. The van der Waals surface area contributed by atoms with Crippen LogP contribution >= 0.6 is 0 Å². The lowest BCUT2D eigenvalue weighted by atomic mass is 10.0. The highest BCUT2D eigenvalue weighted by Crippen LogP contribution is 2.09. The van der Waals surface area contributed by atoms with Crippen molar-refractivity contribution in [2.24, 2.45) is 5.92 Å². The molecule has 0 saturated carbocycles. The van der Waals surface area contributed by atoms with E-state index in [0.29, 0.717) is 19.6 Å². The topological polar surface area (TPSA) is 111 Å². The Bertz CT molecular complexity index is 521. The fourth-order valence-corrected chi connectivity index (χ4v) is 2.55. The van der Waals surface area contributed by atoms with Gasteiger partial charge >= 0.3 is 11.9 Å². The summed E-state index contributed by atoms with van der Waals surface area (Å²) >= 11 is 0. The van der Waals surface area contributed by atoms with Crippen molar-refractivity contribution in [3.05, 3.63) is 0 Å². The third kappa shape index (κ3) is 13.7. The van der Waals surface area contributed by atoms with Gasteiger partial charge in [-0.2, -0.15) is 0 Å². The Morgan fingerprint density at radius 2 is 1.45 bits per heavy atom. The van der Waals surface area contributed by atoms with Crippen LogP contribution in [0.3, 0.4) is 0 Å². The molecule has 0 spiro atoms. The molecule has 2 N–H and O–H groups in total. The summed E-state index contributed by atoms with van der Waals surface area (Å²) in [5.41, 5.74) is 0. The lowest BCUT2D eigenvalue weighted by Gasteiger charge is -2.23. The fourth-order valence-electron chi connectivity index (χ4n) is 2.55. The summed E-state index contributed by atoms with van der Waals surface area (Å²) in [6.45, 7) is 9.81. The van der Waals surface area contributed by atoms with Gasteiger partial charge in [-0.1, -0.05) is 40.5 Å². The number of unbranched alkanes of at least 4 members (excludes halogenated alkanes) is 2. The van der Waals surface area contributed by atoms with Crippen LogP contribution in [0.15, 0.2) is 0 Å². The van der Waals surface area contributed by atoms with Crippen molar-refractivity contribution in [3.8, 4) is 0 Å². The molecular weight excluding hydrogens is 376 g/mol. The third-order valence-electron chi connectivity index (χ3n) is 4.14. The van der Waals surface area contributed by atoms with Gasteiger partial charge in [-0.3, -0.25) is 14.4 Å². The van der Waals surface area contributed by atoms with E-state index in [2.05, 4.69) is 10.6 Å². The summed E-state index contributed by atoms with van der Waals surface area (Å²) in [4.78, 5) is 48.3. The SMILES string of the molecule is CCCCOC(=O)CC[C@H](NC(C)=O)C(=O)N[C@@H](CC(C)C)C(=O)OCCCC. The van der Waals surface area contributed by atoms with Crippen molar-refractivity contribution in [1.29, 1.82) is 0 Å². The molecule has 0 rings (SSSR count). The second kappa shape index (κ2) is 15.8. The Kier molecular flexibility index (Phi) is 14.6. The summed E-state index contributed by atoms with van der Waals surface area (Å²) < 4.78 is 10.3. The lowest BCUT2D eigenvalue weighted by molar-refractivity contribution is -0.149. The number of hydrogen-bond donors (Lipinski definition) is 2. The van der Waals surface area contributed by atoms with E-state index in [0.717, 1.165) is 25.7 Å². The Hall–Kier alpha value is -2.12. The maximum atomic E-state index is 12.7. The Labute approximate surface area is 174 Å². The zero-order valence-electron chi connectivity index (χ0n) is 18.5. The second-order valence-corrected chi connectivity index (χ2v) is 7.58. The van der Waals surface area contributed by atoms with Gasteiger partial charge in [0, 0.05) is 13.3 Å². The van der Waals surface area contributed by atoms with Crippen LogP contribution in [-0.2, 0) is 28.7 Å². The molecule has 2 atom stereocenters. The summed E-state index contributed by atoms with van der Waals surface area (Å²) in [5, 5.41) is 5.22. The summed E-state index contributed by atoms with van der Waals surface area (Å²) in [7, 11) is 0. The number of esters is 2. The molecule has 8 heteroatoms. The van der Waals surface area contributed by atoms with Crippen molar-refractivity contribution in [1.82, 2.24) is 10.6 Å². The highest BCUT2D eigenvalue weighted by Gasteiger charge is 2.28. The maximum absolute atomic E-state index is 12.7. The van der Waals surface area contributed by atoms with E-state index in [1.807, 2.05) is 27.7 Å².